The quantitative estimate of drug-likeness (QED) is 0.177. The summed E-state index contributed by atoms with van der Waals surface area (Å²) in [5.41, 5.74) is 21.1. The number of hydrogen-bond donors (Lipinski definition) is 1. The zero-order valence-corrected chi connectivity index (χ0v) is 31.1. The molecular formula is C52H37N5. The van der Waals surface area contributed by atoms with Crippen LogP contribution in [0.15, 0.2) is 211 Å². The highest BCUT2D eigenvalue weighted by Gasteiger charge is 2.14. The van der Waals surface area contributed by atoms with Crippen LogP contribution in [0, 0.1) is 0 Å². The molecule has 9 aromatic rings. The molecule has 5 nitrogen and oxygen atoms in total. The van der Waals surface area contributed by atoms with Crippen LogP contribution in [0.5, 0.6) is 0 Å². The van der Waals surface area contributed by atoms with Crippen molar-refractivity contribution >= 4 is 44.1 Å². The van der Waals surface area contributed by atoms with Crippen LogP contribution < -0.4 is 5.73 Å². The molecule has 0 saturated carbocycles. The molecule has 0 atom stereocenters. The minimum absolute atomic E-state index is 0.462. The van der Waals surface area contributed by atoms with Crippen LogP contribution in [-0.2, 0) is 6.54 Å². The van der Waals surface area contributed by atoms with E-state index in [1.807, 2.05) is 85.1 Å². The molecule has 0 aliphatic heterocycles. The van der Waals surface area contributed by atoms with Crippen molar-refractivity contribution in [1.29, 1.82) is 0 Å². The van der Waals surface area contributed by atoms with E-state index in [0.29, 0.717) is 18.1 Å². The van der Waals surface area contributed by atoms with Gasteiger partial charge < -0.3 is 10.3 Å². The second-order valence-electron chi connectivity index (χ2n) is 14.3. The van der Waals surface area contributed by atoms with Gasteiger partial charge in [-0.25, -0.2) is 9.97 Å². The van der Waals surface area contributed by atoms with Gasteiger partial charge in [0.1, 0.15) is 0 Å². The van der Waals surface area contributed by atoms with E-state index < -0.39 is 0 Å². The summed E-state index contributed by atoms with van der Waals surface area (Å²) in [4.78, 5) is 14.9. The van der Waals surface area contributed by atoms with E-state index in [1.54, 1.807) is 0 Å². The lowest BCUT2D eigenvalue weighted by atomic mass is 9.96. The molecule has 270 valence electrons. The monoisotopic (exact) mass is 731 g/mol. The lowest BCUT2D eigenvalue weighted by molar-refractivity contribution is 1.07. The van der Waals surface area contributed by atoms with E-state index in [2.05, 4.69) is 120 Å². The van der Waals surface area contributed by atoms with E-state index in [1.165, 1.54) is 21.8 Å². The Kier molecular flexibility index (Phi) is 8.65. The highest BCUT2D eigenvalue weighted by molar-refractivity contribution is 6.16. The largest absolute Gasteiger partial charge is 0.398 e. The standard InChI is InChI=1S/C52H37N5/c53-51(39-12-2-1-3-13-39)46-17-5-9-19-48(46)54-33-35-30-41(32-42(31-35)52-55-34-40-14-4-8-18-47(40)56-52)38-24-22-36(23-25-38)37-26-28-43(29-27-37)57-49-20-10-6-15-44(49)45-16-7-11-21-50(45)57/h1-32,34H,33,53H2/b51-46-,54-48-. The average molecular weight is 732 g/mol. The summed E-state index contributed by atoms with van der Waals surface area (Å²) in [6.45, 7) is 0.462. The second kappa shape index (κ2) is 14.5. The van der Waals surface area contributed by atoms with Crippen LogP contribution >= 0.6 is 0 Å². The van der Waals surface area contributed by atoms with E-state index in [4.69, 9.17) is 20.7 Å². The summed E-state index contributed by atoms with van der Waals surface area (Å²) in [6.07, 6.45) is 9.96. The second-order valence-corrected chi connectivity index (χ2v) is 14.3. The zero-order valence-electron chi connectivity index (χ0n) is 31.1. The minimum Gasteiger partial charge on any atom is -0.398 e. The van der Waals surface area contributed by atoms with Crippen molar-refractivity contribution in [3.63, 3.8) is 0 Å². The van der Waals surface area contributed by atoms with Gasteiger partial charge in [0.2, 0.25) is 0 Å². The maximum atomic E-state index is 6.69. The maximum absolute atomic E-state index is 6.69. The molecule has 0 fully saturated rings. The molecule has 1 aliphatic rings. The molecule has 0 bridgehead atoms. The van der Waals surface area contributed by atoms with Gasteiger partial charge in [-0.3, -0.25) is 4.99 Å². The van der Waals surface area contributed by atoms with Gasteiger partial charge in [0.25, 0.3) is 0 Å². The van der Waals surface area contributed by atoms with Crippen LogP contribution in [0.1, 0.15) is 11.1 Å². The van der Waals surface area contributed by atoms with Crippen LogP contribution in [-0.4, -0.2) is 20.2 Å². The molecule has 0 saturated heterocycles. The first kappa shape index (κ1) is 33.9. The number of aliphatic imine (C=N–C) groups is 1. The molecule has 7 aromatic carbocycles. The van der Waals surface area contributed by atoms with Crippen LogP contribution in [0.4, 0.5) is 0 Å². The molecule has 2 aromatic heterocycles. The van der Waals surface area contributed by atoms with E-state index in [0.717, 1.165) is 66.8 Å². The Labute approximate surface area is 331 Å². The summed E-state index contributed by atoms with van der Waals surface area (Å²) >= 11 is 0. The number of hydrogen-bond acceptors (Lipinski definition) is 4. The molecule has 5 heteroatoms. The summed E-state index contributed by atoms with van der Waals surface area (Å²) in [6, 6.07) is 59.6. The lowest BCUT2D eigenvalue weighted by Gasteiger charge is -2.13. The third-order valence-corrected chi connectivity index (χ3v) is 10.7. The van der Waals surface area contributed by atoms with Crippen molar-refractivity contribution in [2.75, 3.05) is 0 Å². The Bertz CT molecular complexity index is 3020. The summed E-state index contributed by atoms with van der Waals surface area (Å²) in [5.74, 6) is 0.679. The molecular weight excluding hydrogens is 695 g/mol. The minimum atomic E-state index is 0.462. The molecule has 0 spiro atoms. The third-order valence-electron chi connectivity index (χ3n) is 10.7. The van der Waals surface area contributed by atoms with Gasteiger partial charge in [-0.2, -0.15) is 0 Å². The molecule has 0 unspecified atom stereocenters. The Morgan fingerprint density at radius 1 is 0.561 bits per heavy atom. The zero-order chi connectivity index (χ0) is 38.1. The molecule has 57 heavy (non-hydrogen) atoms. The fourth-order valence-corrected chi connectivity index (χ4v) is 7.84. The third kappa shape index (κ3) is 6.51. The van der Waals surface area contributed by atoms with E-state index in [-0.39, 0.29) is 0 Å². The molecule has 2 N–H and O–H groups in total. The molecule has 10 rings (SSSR count). The van der Waals surface area contributed by atoms with Crippen LogP contribution in [0.2, 0.25) is 0 Å². The van der Waals surface area contributed by atoms with Crippen molar-refractivity contribution in [1.82, 2.24) is 14.5 Å². The molecule has 0 radical (unpaired) electrons. The van der Waals surface area contributed by atoms with Gasteiger partial charge in [-0.15, -0.1) is 0 Å². The predicted octanol–water partition coefficient (Wildman–Crippen LogP) is 12.2. The first-order valence-electron chi connectivity index (χ1n) is 19.2. The van der Waals surface area contributed by atoms with Gasteiger partial charge in [-0.1, -0.05) is 140 Å². The van der Waals surface area contributed by atoms with Gasteiger partial charge in [-0.05, 0) is 88.0 Å². The first-order chi connectivity index (χ1) is 28.2. The molecule has 1 aliphatic carbocycles. The normalized spacial score (nSPS) is 14.2. The Balaban J connectivity index is 0.991. The summed E-state index contributed by atoms with van der Waals surface area (Å²) in [5, 5.41) is 3.53. The van der Waals surface area contributed by atoms with Gasteiger partial charge >= 0.3 is 0 Å². The number of allylic oxidation sites excluding steroid dienone is 5. The molecule has 0 amide bonds. The summed E-state index contributed by atoms with van der Waals surface area (Å²) in [7, 11) is 0. The number of nitrogens with zero attached hydrogens (tertiary/aromatic N) is 4. The average Bonchev–Trinajstić information content (AvgIpc) is 3.63. The van der Waals surface area contributed by atoms with E-state index in [9.17, 15) is 0 Å². The summed E-state index contributed by atoms with van der Waals surface area (Å²) < 4.78 is 2.35. The lowest BCUT2D eigenvalue weighted by Crippen LogP contribution is -2.09. The Morgan fingerprint density at radius 3 is 1.89 bits per heavy atom. The first-order valence-corrected chi connectivity index (χ1v) is 19.2. The van der Waals surface area contributed by atoms with Crippen molar-refractivity contribution in [2.45, 2.75) is 6.54 Å². The number of para-hydroxylation sites is 3. The van der Waals surface area contributed by atoms with Crippen molar-refractivity contribution in [2.24, 2.45) is 10.7 Å². The Hall–Kier alpha value is -7.63. The van der Waals surface area contributed by atoms with Crippen LogP contribution in [0.3, 0.4) is 0 Å². The number of benzene rings is 7. The maximum Gasteiger partial charge on any atom is 0.159 e. The highest BCUT2D eigenvalue weighted by Crippen LogP contribution is 2.34. The highest BCUT2D eigenvalue weighted by atomic mass is 15.0. The predicted molar refractivity (Wildman–Crippen MR) is 237 cm³/mol. The molecule has 2 heterocycles. The van der Waals surface area contributed by atoms with Crippen LogP contribution in [0.25, 0.3) is 77.7 Å². The number of rotatable bonds is 7. The number of nitrogens with two attached hydrogens (primary N) is 1. The fourth-order valence-electron chi connectivity index (χ4n) is 7.84. The van der Waals surface area contributed by atoms with Gasteiger partial charge in [0, 0.05) is 44.9 Å². The smallest absolute Gasteiger partial charge is 0.159 e. The topological polar surface area (TPSA) is 69.1 Å². The van der Waals surface area contributed by atoms with Gasteiger partial charge in [0.05, 0.1) is 28.8 Å². The van der Waals surface area contributed by atoms with Crippen molar-refractivity contribution in [3.05, 3.63) is 217 Å². The Morgan fingerprint density at radius 2 is 1.16 bits per heavy atom. The van der Waals surface area contributed by atoms with Crippen molar-refractivity contribution < 1.29 is 0 Å². The van der Waals surface area contributed by atoms with Gasteiger partial charge in [0.15, 0.2) is 5.82 Å². The van der Waals surface area contributed by atoms with Crippen molar-refractivity contribution in [3.8, 4) is 39.3 Å². The van der Waals surface area contributed by atoms with E-state index >= 15 is 0 Å². The fraction of sp³-hybridized carbons (Fsp3) is 0.0192. The number of aromatic nitrogens is 3. The number of fused-ring (bicyclic) bond motifs is 4. The SMILES string of the molecule is N/C(=C1/C=CC=C/C1=N/Cc1cc(-c2ccc(-c3ccc(-n4c5ccccc5c5ccccc54)cc3)cc2)cc(-c2ncc3ccccc3n2)c1)c1ccccc1.